The molecule has 23 nitrogen and oxygen atoms in total. The van der Waals surface area contributed by atoms with Gasteiger partial charge in [0.05, 0.1) is 32.8 Å². The Morgan fingerprint density at radius 2 is 0.747 bits per heavy atom. The fourth-order valence-electron chi connectivity index (χ4n) is 26.3. The highest BCUT2D eigenvalue weighted by Crippen LogP contribution is 2.51. The van der Waals surface area contributed by atoms with Gasteiger partial charge in [0.2, 0.25) is 17.8 Å². The van der Waals surface area contributed by atoms with Crippen molar-refractivity contribution in [3.05, 3.63) is 209 Å². The molecular formula is C117H121Cl3F3N21O2. The normalized spacial score (nSPS) is 22.9. The fraction of sp³-hybridized carbons (Fsp3) is 0.419. The Labute approximate surface area is 863 Å². The second kappa shape index (κ2) is 38.0. The van der Waals surface area contributed by atoms with Crippen LogP contribution in [0.3, 0.4) is 0 Å². The van der Waals surface area contributed by atoms with Crippen LogP contribution < -0.4 is 39.0 Å². The number of likely N-dealkylation sites (tertiary alicyclic amines) is 1. The van der Waals surface area contributed by atoms with Crippen LogP contribution in [0, 0.1) is 75.6 Å². The fourth-order valence-corrected chi connectivity index (χ4v) is 27.2. The molecule has 28 rings (SSSR count). The lowest BCUT2D eigenvalue weighted by atomic mass is 9.85. The first-order valence-electron chi connectivity index (χ1n) is 52.5. The highest BCUT2D eigenvalue weighted by Gasteiger charge is 2.44. The molecule has 0 radical (unpaired) electrons. The highest BCUT2D eigenvalue weighted by atomic mass is 35.5. The summed E-state index contributed by atoms with van der Waals surface area (Å²) in [6.45, 7) is 23.6. The molecule has 748 valence electrons. The average molecular weight is 2020 g/mol. The number of ether oxygens (including phenoxy) is 1. The number of rotatable bonds is 15. The Morgan fingerprint density at radius 3 is 1.15 bits per heavy atom. The maximum Gasteiger partial charge on any atom is 0.319 e. The third kappa shape index (κ3) is 17.9. The lowest BCUT2D eigenvalue weighted by Gasteiger charge is -2.46. The summed E-state index contributed by atoms with van der Waals surface area (Å²) in [6.07, 6.45) is 25.1. The number of nitrogens with zero attached hydrogens (tertiary/aromatic N) is 21. The minimum absolute atomic E-state index is 0.0839. The number of halogens is 6. The number of hydrogen-bond acceptors (Lipinski definition) is 23. The number of aromatic nitrogens is 12. The van der Waals surface area contributed by atoms with Gasteiger partial charge in [0, 0.05) is 182 Å². The zero-order valence-corrected chi connectivity index (χ0v) is 86.0. The van der Waals surface area contributed by atoms with Gasteiger partial charge in [-0.2, -0.15) is 24.9 Å². The number of hydrogen-bond donors (Lipinski definition) is 1. The third-order valence-electron chi connectivity index (χ3n) is 33.6. The summed E-state index contributed by atoms with van der Waals surface area (Å²) in [5.74, 6) is 9.61. The summed E-state index contributed by atoms with van der Waals surface area (Å²) >= 11 is 19.8. The molecule has 8 bridgehead atoms. The number of aromatic hydroxyl groups is 1. The molecule has 29 heteroatoms. The van der Waals surface area contributed by atoms with E-state index in [2.05, 4.69) is 138 Å². The maximum absolute atomic E-state index is 16.5. The molecule has 8 unspecified atom stereocenters. The van der Waals surface area contributed by atoms with E-state index in [9.17, 15) is 5.11 Å². The summed E-state index contributed by atoms with van der Waals surface area (Å²) in [7, 11) is 6.35. The van der Waals surface area contributed by atoms with E-state index >= 15 is 13.2 Å². The van der Waals surface area contributed by atoms with Crippen LogP contribution in [0.15, 0.2) is 176 Å². The number of anilines is 7. The third-order valence-corrected chi connectivity index (χ3v) is 34.5. The maximum atomic E-state index is 16.5. The van der Waals surface area contributed by atoms with Crippen molar-refractivity contribution in [3.8, 4) is 56.8 Å². The molecule has 12 fully saturated rings. The molecule has 8 aliphatic heterocycles. The molecule has 0 amide bonds. The molecule has 9 atom stereocenters. The van der Waals surface area contributed by atoms with E-state index in [1.54, 1.807) is 30.7 Å². The van der Waals surface area contributed by atoms with Crippen LogP contribution in [0.5, 0.6) is 11.8 Å². The second-order valence-corrected chi connectivity index (χ2v) is 46.8. The number of likely N-dealkylation sites (N-methyl/N-ethyl adjacent to an activating group) is 2. The summed E-state index contributed by atoms with van der Waals surface area (Å²) in [5, 5.41) is 22.6. The number of benzene rings is 8. The van der Waals surface area contributed by atoms with Gasteiger partial charge in [0.25, 0.3) is 0 Å². The zero-order chi connectivity index (χ0) is 99.4. The first-order valence-corrected chi connectivity index (χ1v) is 53.7. The summed E-state index contributed by atoms with van der Waals surface area (Å²) < 4.78 is 55.5. The smallest absolute Gasteiger partial charge is 0.319 e. The van der Waals surface area contributed by atoms with Crippen LogP contribution in [0.4, 0.5) is 54.3 Å². The summed E-state index contributed by atoms with van der Waals surface area (Å²) in [5.41, 5.74) is 6.80. The first-order chi connectivity index (χ1) is 70.8. The Balaban J connectivity index is 0.000000102. The van der Waals surface area contributed by atoms with Crippen molar-refractivity contribution in [2.24, 2.45) is 58.2 Å². The van der Waals surface area contributed by atoms with E-state index in [0.717, 1.165) is 210 Å². The van der Waals surface area contributed by atoms with Crippen molar-refractivity contribution in [2.75, 3.05) is 160 Å². The molecule has 4 saturated carbocycles. The largest absolute Gasteiger partial charge is 0.508 e. The van der Waals surface area contributed by atoms with Crippen LogP contribution in [0.1, 0.15) is 118 Å². The van der Waals surface area contributed by atoms with Crippen LogP contribution in [0.2, 0.25) is 15.1 Å². The number of pyridine rings is 4. The standard InChI is InChI=1S/C30H32ClN5O.C29H30ClFN6.C29H29ClFN5.C29H30FN5O/c1-35-12-4-7-22(35)18-37-30-33-27-14-26(23-8-2-5-21-6-3-9-25(31)28(21)23)32-15-24(27)29(34-30)36-16-19-10-11-20(13-19)17-36;1-35(2)20-15-37(16-20)29-33-27-22(28(34-29)36-13-17-9-10-18(11-17)14-36)12-32-26(25(27)31)21-7-3-5-19-6-4-8-23(30)24(19)21;1-29(2)15-36(16-29)28-33-26-21(27(34-28)35-13-17-9-10-18(11-17)14-35)12-32-25(24(26)31)20-7-3-5-19-6-4-8-22(30)23(19)20;1-29(2)15-35(16-29)28-32-26-23(27(33-28)34-13-17-7-8-18(9-17)14-34)12-31-25(24(26)30)22-11-20(36)10-19-5-3-4-6-21(19)22/h2-3,5-6,8-9,14-15,19-20,22H,4,7,10-13,16-18H2,1H3;3-8,12,17-18,20H,9-11,13-16H2,1-2H3;3-8,12,17-18H,9-11,13-16H2,1-2H3;3-6,10-12,17-18,36H,7-9,13-16H2,1-2H3/t19?,20?,22-;;;/m0.../s1. The molecule has 146 heavy (non-hydrogen) atoms. The van der Waals surface area contributed by atoms with Crippen LogP contribution >= 0.6 is 34.8 Å². The average Bonchev–Trinajstić information content (AvgIpc) is 1.05. The Bertz CT molecular complexity index is 7630. The van der Waals surface area contributed by atoms with Crippen LogP contribution in [0.25, 0.3) is 132 Å². The zero-order valence-electron chi connectivity index (χ0n) is 83.7. The topological polar surface area (TPSA) is 213 Å². The van der Waals surface area contributed by atoms with Crippen LogP contribution in [-0.2, 0) is 0 Å². The molecule has 8 saturated heterocycles. The predicted octanol–water partition coefficient (Wildman–Crippen LogP) is 24.3. The van der Waals surface area contributed by atoms with Crippen LogP contribution in [-0.4, -0.2) is 213 Å². The van der Waals surface area contributed by atoms with Gasteiger partial charge < -0.3 is 53.9 Å². The van der Waals surface area contributed by atoms with Crippen molar-refractivity contribution < 1.29 is 23.0 Å². The van der Waals surface area contributed by atoms with Gasteiger partial charge in [-0.05, 0) is 239 Å². The van der Waals surface area contributed by atoms with Gasteiger partial charge in [-0.15, -0.1) is 0 Å². The monoisotopic (exact) mass is 2010 g/mol. The van der Waals surface area contributed by atoms with Gasteiger partial charge >= 0.3 is 6.01 Å². The summed E-state index contributed by atoms with van der Waals surface area (Å²) in [6, 6.07) is 49.6. The molecular weight excluding hydrogens is 1890 g/mol. The molecule has 8 aromatic carbocycles. The first kappa shape index (κ1) is 94.5. The molecule has 12 aliphatic rings. The Hall–Kier alpha value is -12.5. The van der Waals surface area contributed by atoms with E-state index in [4.69, 9.17) is 84.4 Å². The quantitative estimate of drug-likeness (QED) is 0.101. The molecule has 4 aliphatic carbocycles. The van der Waals surface area contributed by atoms with Crippen molar-refractivity contribution >= 4 is 163 Å². The second-order valence-electron chi connectivity index (χ2n) is 45.6. The van der Waals surface area contributed by atoms with Crippen molar-refractivity contribution in [1.82, 2.24) is 69.6 Å². The number of phenolic OH excluding ortho intramolecular Hbond substituents is 1. The number of phenols is 1. The molecule has 1 N–H and O–H groups in total. The van der Waals surface area contributed by atoms with E-state index in [1.807, 2.05) is 115 Å². The summed E-state index contributed by atoms with van der Waals surface area (Å²) in [4.78, 5) is 78.8. The minimum Gasteiger partial charge on any atom is -0.508 e. The predicted molar refractivity (Wildman–Crippen MR) is 583 cm³/mol. The van der Waals surface area contributed by atoms with Gasteiger partial charge in [-0.25, -0.2) is 28.1 Å². The lowest BCUT2D eigenvalue weighted by Crippen LogP contribution is -2.58. The Morgan fingerprint density at radius 1 is 0.377 bits per heavy atom. The lowest BCUT2D eigenvalue weighted by molar-refractivity contribution is 0.188. The van der Waals surface area contributed by atoms with Gasteiger partial charge in [0.15, 0.2) is 17.5 Å². The van der Waals surface area contributed by atoms with E-state index < -0.39 is 17.5 Å². The molecule has 0 spiro atoms. The SMILES string of the molecule is CC1(C)CN(c2nc(N3CC4CCC(C4)C3)c3cnc(-c4cc(O)cc5ccccc45)c(F)c3n2)C1.CC1(C)CN(c2nc(N3CC4CCC(C4)C3)c3cnc(-c4cccc5cccc(Cl)c45)c(F)c3n2)C1.CN(C)C1CN(c2nc(N3CC4CCC(C4)C3)c3cnc(-c4cccc5cccc(Cl)c45)c(F)c3n2)C1.CN1CCC[C@H]1COc1nc(N2CC3CCC(C3)C2)c2cnc(-c3cccc4cccc(Cl)c34)cc2n1. The van der Waals surface area contributed by atoms with Gasteiger partial charge in [-0.1, -0.05) is 178 Å². The van der Waals surface area contributed by atoms with E-state index in [-0.39, 0.29) is 33.7 Å². The molecule has 16 aromatic rings. The van der Waals surface area contributed by atoms with Crippen molar-refractivity contribution in [2.45, 2.75) is 130 Å². The van der Waals surface area contributed by atoms with Crippen molar-refractivity contribution in [3.63, 3.8) is 0 Å². The van der Waals surface area contributed by atoms with E-state index in [1.165, 1.54) is 83.5 Å². The van der Waals surface area contributed by atoms with Gasteiger partial charge in [0.1, 0.15) is 69.3 Å². The molecule has 8 aromatic heterocycles. The van der Waals surface area contributed by atoms with Gasteiger partial charge in [-0.3, -0.25) is 19.9 Å². The number of fused-ring (bicyclic) bond motifs is 16. The van der Waals surface area contributed by atoms with Crippen molar-refractivity contribution in [1.29, 1.82) is 0 Å². The Kier molecular flexibility index (Phi) is 24.6. The minimum atomic E-state index is -0.465. The number of piperidine rings is 4. The highest BCUT2D eigenvalue weighted by molar-refractivity contribution is 6.38. The van der Waals surface area contributed by atoms with E-state index in [0.29, 0.717) is 137 Å². The molecule has 16 heterocycles.